The third kappa shape index (κ3) is 3.64. The van der Waals surface area contributed by atoms with Crippen molar-refractivity contribution >= 4 is 45.3 Å². The fraction of sp³-hybridized carbons (Fsp3) is 0.136. The maximum absolute atomic E-state index is 12.4. The number of nitrogens with one attached hydrogen (secondary N) is 1. The topological polar surface area (TPSA) is 60.7 Å². The fourth-order valence-corrected chi connectivity index (χ4v) is 3.72. The highest BCUT2D eigenvalue weighted by Crippen LogP contribution is 2.36. The lowest BCUT2D eigenvalue weighted by atomic mass is 10.1. The number of fused-ring (bicyclic) bond motifs is 3. The van der Waals surface area contributed by atoms with E-state index < -0.39 is 0 Å². The summed E-state index contributed by atoms with van der Waals surface area (Å²) in [6.45, 7) is 0. The largest absolute Gasteiger partial charge is 0.497 e. The van der Waals surface area contributed by atoms with Crippen molar-refractivity contribution in [3.8, 4) is 11.5 Å². The van der Waals surface area contributed by atoms with E-state index in [-0.39, 0.29) is 11.7 Å². The first kappa shape index (κ1) is 18.3. The Labute approximate surface area is 166 Å². The maximum atomic E-state index is 12.4. The van der Waals surface area contributed by atoms with Gasteiger partial charge >= 0.3 is 0 Å². The zero-order chi connectivity index (χ0) is 19.5. The molecule has 3 aromatic carbocycles. The summed E-state index contributed by atoms with van der Waals surface area (Å²) < 4.78 is 16.5. The number of carbonyl (C=O) groups excluding carboxylic acids is 1. The van der Waals surface area contributed by atoms with E-state index in [4.69, 9.17) is 13.9 Å². The van der Waals surface area contributed by atoms with Crippen LogP contribution in [0.3, 0.4) is 0 Å². The first-order valence-electron chi connectivity index (χ1n) is 8.74. The average molecular weight is 393 g/mol. The predicted octanol–water partition coefficient (Wildman–Crippen LogP) is 5.33. The molecule has 0 fully saturated rings. The third-order valence-corrected chi connectivity index (χ3v) is 5.41. The van der Waals surface area contributed by atoms with Crippen molar-refractivity contribution in [1.82, 2.24) is 0 Å². The summed E-state index contributed by atoms with van der Waals surface area (Å²) in [4.78, 5) is 13.4. The molecule has 0 aliphatic carbocycles. The SMILES string of the molecule is COc1ccc(SCC(=O)Nc2cc3oc4ccccc4c3cc2OC)cc1. The number of amides is 1. The van der Waals surface area contributed by atoms with Crippen LogP contribution in [0.25, 0.3) is 21.9 Å². The summed E-state index contributed by atoms with van der Waals surface area (Å²) in [5, 5.41) is 4.90. The minimum atomic E-state index is -0.116. The van der Waals surface area contributed by atoms with Crippen LogP contribution in [0.1, 0.15) is 0 Å². The lowest BCUT2D eigenvalue weighted by Crippen LogP contribution is -2.14. The minimum Gasteiger partial charge on any atom is -0.497 e. The van der Waals surface area contributed by atoms with Crippen LogP contribution < -0.4 is 14.8 Å². The van der Waals surface area contributed by atoms with Crippen molar-refractivity contribution in [2.45, 2.75) is 4.90 Å². The third-order valence-electron chi connectivity index (χ3n) is 4.40. The van der Waals surface area contributed by atoms with Gasteiger partial charge in [-0.15, -0.1) is 11.8 Å². The highest BCUT2D eigenvalue weighted by molar-refractivity contribution is 8.00. The van der Waals surface area contributed by atoms with E-state index in [2.05, 4.69) is 5.32 Å². The number of hydrogen-bond acceptors (Lipinski definition) is 5. The Kier molecular flexibility index (Phi) is 5.12. The van der Waals surface area contributed by atoms with Crippen molar-refractivity contribution < 1.29 is 18.7 Å². The van der Waals surface area contributed by atoms with E-state index in [1.165, 1.54) is 11.8 Å². The van der Waals surface area contributed by atoms with Crippen LogP contribution in [0, 0.1) is 0 Å². The van der Waals surface area contributed by atoms with E-state index in [1.54, 1.807) is 14.2 Å². The molecule has 28 heavy (non-hydrogen) atoms. The van der Waals surface area contributed by atoms with Crippen LogP contribution >= 0.6 is 11.8 Å². The molecule has 0 spiro atoms. The molecule has 142 valence electrons. The molecule has 0 aliphatic rings. The van der Waals surface area contributed by atoms with Crippen molar-refractivity contribution in [3.63, 3.8) is 0 Å². The predicted molar refractivity (Wildman–Crippen MR) is 113 cm³/mol. The molecule has 0 unspecified atom stereocenters. The molecule has 1 amide bonds. The molecule has 5 nitrogen and oxygen atoms in total. The van der Waals surface area contributed by atoms with Gasteiger partial charge in [-0.05, 0) is 36.4 Å². The lowest BCUT2D eigenvalue weighted by Gasteiger charge is -2.10. The van der Waals surface area contributed by atoms with Crippen LogP contribution in [0.15, 0.2) is 70.0 Å². The van der Waals surface area contributed by atoms with Crippen LogP contribution in [0.5, 0.6) is 11.5 Å². The zero-order valence-corrected chi connectivity index (χ0v) is 16.3. The number of ether oxygens (including phenoxy) is 2. The summed E-state index contributed by atoms with van der Waals surface area (Å²) >= 11 is 1.46. The van der Waals surface area contributed by atoms with E-state index in [9.17, 15) is 4.79 Å². The Hall–Kier alpha value is -3.12. The zero-order valence-electron chi connectivity index (χ0n) is 15.5. The number of hydrogen-bond donors (Lipinski definition) is 1. The van der Waals surface area contributed by atoms with Crippen LogP contribution in [0.2, 0.25) is 0 Å². The van der Waals surface area contributed by atoms with Gasteiger partial charge in [-0.25, -0.2) is 0 Å². The minimum absolute atomic E-state index is 0.116. The molecule has 0 saturated carbocycles. The highest BCUT2D eigenvalue weighted by atomic mass is 32.2. The van der Waals surface area contributed by atoms with E-state index in [1.807, 2.05) is 60.7 Å². The summed E-state index contributed by atoms with van der Waals surface area (Å²) in [5.74, 6) is 1.56. The molecule has 6 heteroatoms. The fourth-order valence-electron chi connectivity index (χ4n) is 3.03. The van der Waals surface area contributed by atoms with Gasteiger partial charge in [0, 0.05) is 21.7 Å². The van der Waals surface area contributed by atoms with E-state index in [0.717, 1.165) is 27.0 Å². The van der Waals surface area contributed by atoms with Gasteiger partial charge in [-0.1, -0.05) is 18.2 Å². The number of para-hydroxylation sites is 1. The van der Waals surface area contributed by atoms with Crippen molar-refractivity contribution in [2.75, 3.05) is 25.3 Å². The summed E-state index contributed by atoms with van der Waals surface area (Å²) in [5.41, 5.74) is 2.10. The molecule has 4 aromatic rings. The molecule has 1 aromatic heterocycles. The number of methoxy groups -OCH3 is 2. The molecule has 0 radical (unpaired) electrons. The van der Waals surface area contributed by atoms with E-state index >= 15 is 0 Å². The monoisotopic (exact) mass is 393 g/mol. The molecule has 0 saturated heterocycles. The van der Waals surface area contributed by atoms with Crippen molar-refractivity contribution in [1.29, 1.82) is 0 Å². The van der Waals surface area contributed by atoms with Gasteiger partial charge in [0.2, 0.25) is 5.91 Å². The molecule has 0 aliphatic heterocycles. The molecule has 0 atom stereocenters. The second-order valence-corrected chi connectivity index (χ2v) is 7.21. The van der Waals surface area contributed by atoms with Gasteiger partial charge in [0.15, 0.2) is 0 Å². The van der Waals surface area contributed by atoms with E-state index in [0.29, 0.717) is 17.0 Å². The van der Waals surface area contributed by atoms with Gasteiger partial charge in [-0.2, -0.15) is 0 Å². The molecular formula is C22H19NO4S. The lowest BCUT2D eigenvalue weighted by molar-refractivity contribution is -0.113. The highest BCUT2D eigenvalue weighted by Gasteiger charge is 2.14. The number of rotatable bonds is 6. The molecular weight excluding hydrogens is 374 g/mol. The normalized spacial score (nSPS) is 10.9. The number of anilines is 1. The number of thioether (sulfide) groups is 1. The molecule has 1 N–H and O–H groups in total. The van der Waals surface area contributed by atoms with Crippen molar-refractivity contribution in [3.05, 3.63) is 60.7 Å². The smallest absolute Gasteiger partial charge is 0.234 e. The Bertz CT molecular complexity index is 1130. The number of benzene rings is 3. The first-order chi connectivity index (χ1) is 13.7. The van der Waals surface area contributed by atoms with Crippen LogP contribution in [-0.4, -0.2) is 25.9 Å². The first-order valence-corrected chi connectivity index (χ1v) is 9.72. The van der Waals surface area contributed by atoms with Crippen LogP contribution in [-0.2, 0) is 4.79 Å². The summed E-state index contributed by atoms with van der Waals surface area (Å²) in [6.07, 6.45) is 0. The van der Waals surface area contributed by atoms with Gasteiger partial charge in [0.05, 0.1) is 25.7 Å². The summed E-state index contributed by atoms with van der Waals surface area (Å²) in [7, 11) is 3.22. The second kappa shape index (κ2) is 7.86. The Morgan fingerprint density at radius 3 is 2.50 bits per heavy atom. The van der Waals surface area contributed by atoms with Gasteiger partial charge in [0.25, 0.3) is 0 Å². The quantitative estimate of drug-likeness (QED) is 0.449. The average Bonchev–Trinajstić information content (AvgIpc) is 3.09. The number of carbonyl (C=O) groups is 1. The Morgan fingerprint density at radius 1 is 0.964 bits per heavy atom. The molecule has 4 rings (SSSR count). The summed E-state index contributed by atoms with van der Waals surface area (Å²) in [6, 6.07) is 19.1. The van der Waals surface area contributed by atoms with Gasteiger partial charge in [0.1, 0.15) is 22.7 Å². The molecule has 1 heterocycles. The number of furan rings is 1. The standard InChI is InChI=1S/C22H19NO4S/c1-25-14-7-9-15(10-8-14)28-13-22(24)23-18-12-20-17(11-21(18)26-2)16-5-3-4-6-19(16)27-20/h3-12H,13H2,1-2H3,(H,23,24). The Morgan fingerprint density at radius 2 is 1.75 bits per heavy atom. The molecule has 0 bridgehead atoms. The maximum Gasteiger partial charge on any atom is 0.234 e. The Balaban J connectivity index is 1.52. The van der Waals surface area contributed by atoms with Gasteiger partial charge < -0.3 is 19.2 Å². The van der Waals surface area contributed by atoms with Crippen LogP contribution in [0.4, 0.5) is 5.69 Å². The van der Waals surface area contributed by atoms with Crippen molar-refractivity contribution in [2.24, 2.45) is 0 Å². The second-order valence-electron chi connectivity index (χ2n) is 6.16. The van der Waals surface area contributed by atoms with Gasteiger partial charge in [-0.3, -0.25) is 4.79 Å².